The van der Waals surface area contributed by atoms with Crippen molar-refractivity contribution in [2.45, 2.75) is 13.0 Å². The highest BCUT2D eigenvalue weighted by Crippen LogP contribution is 1.88. The van der Waals surface area contributed by atoms with E-state index in [9.17, 15) is 9.59 Å². The average Bonchev–Trinajstić information content (AvgIpc) is 1.64. The lowest BCUT2D eigenvalue weighted by Crippen LogP contribution is -2.33. The SMILES string of the molecule is CC(=O)C(ON)C(=O)O. The van der Waals surface area contributed by atoms with E-state index in [1.807, 2.05) is 0 Å². The number of aliphatic carboxylic acids is 1. The van der Waals surface area contributed by atoms with Crippen molar-refractivity contribution in [3.05, 3.63) is 0 Å². The lowest BCUT2D eigenvalue weighted by Gasteiger charge is -2.02. The van der Waals surface area contributed by atoms with Crippen LogP contribution >= 0.6 is 0 Å². The zero-order valence-corrected chi connectivity index (χ0v) is 4.83. The number of hydrogen-bond acceptors (Lipinski definition) is 4. The zero-order chi connectivity index (χ0) is 7.44. The molecule has 0 rings (SSSR count). The Morgan fingerprint density at radius 1 is 1.67 bits per heavy atom. The first-order valence-electron chi connectivity index (χ1n) is 2.18. The molecule has 0 aliphatic carbocycles. The van der Waals surface area contributed by atoms with E-state index in [-0.39, 0.29) is 0 Å². The molecule has 0 aliphatic rings. The van der Waals surface area contributed by atoms with Crippen LogP contribution in [0.3, 0.4) is 0 Å². The zero-order valence-electron chi connectivity index (χ0n) is 4.83. The second kappa shape index (κ2) is 3.16. The van der Waals surface area contributed by atoms with Crippen molar-refractivity contribution in [2.24, 2.45) is 5.90 Å². The minimum Gasteiger partial charge on any atom is -0.479 e. The Morgan fingerprint density at radius 2 is 2.11 bits per heavy atom. The van der Waals surface area contributed by atoms with Gasteiger partial charge in [-0.1, -0.05) is 0 Å². The Morgan fingerprint density at radius 3 is 2.11 bits per heavy atom. The van der Waals surface area contributed by atoms with Crippen LogP contribution in [-0.4, -0.2) is 23.0 Å². The van der Waals surface area contributed by atoms with Crippen molar-refractivity contribution in [2.75, 3.05) is 0 Å². The summed E-state index contributed by atoms with van der Waals surface area (Å²) >= 11 is 0. The lowest BCUT2D eigenvalue weighted by molar-refractivity contribution is -0.155. The van der Waals surface area contributed by atoms with Crippen LogP contribution in [0.2, 0.25) is 0 Å². The number of rotatable bonds is 3. The van der Waals surface area contributed by atoms with Gasteiger partial charge in [0, 0.05) is 0 Å². The number of carboxylic acid groups (broad SMARTS) is 1. The fourth-order valence-electron chi connectivity index (χ4n) is 0.328. The molecular weight excluding hydrogens is 126 g/mol. The normalized spacial score (nSPS) is 12.7. The first-order chi connectivity index (χ1) is 4.09. The van der Waals surface area contributed by atoms with Crippen LogP contribution in [-0.2, 0) is 14.4 Å². The van der Waals surface area contributed by atoms with Gasteiger partial charge < -0.3 is 5.11 Å². The number of ketones is 1. The van der Waals surface area contributed by atoms with E-state index in [4.69, 9.17) is 5.11 Å². The van der Waals surface area contributed by atoms with Crippen molar-refractivity contribution in [1.29, 1.82) is 0 Å². The maximum Gasteiger partial charge on any atom is 0.342 e. The molecule has 0 aliphatic heterocycles. The Balaban J connectivity index is 3.99. The molecule has 0 amide bonds. The Hall–Kier alpha value is -0.940. The van der Waals surface area contributed by atoms with E-state index in [0.717, 1.165) is 6.92 Å². The summed E-state index contributed by atoms with van der Waals surface area (Å²) in [5.74, 6) is 2.48. The van der Waals surface area contributed by atoms with Crippen molar-refractivity contribution in [1.82, 2.24) is 0 Å². The fraction of sp³-hybridized carbons (Fsp3) is 0.500. The molecule has 5 nitrogen and oxygen atoms in total. The maximum absolute atomic E-state index is 10.2. The summed E-state index contributed by atoms with van der Waals surface area (Å²) in [6.07, 6.45) is -1.52. The summed E-state index contributed by atoms with van der Waals surface area (Å²) in [6.45, 7) is 1.09. The second-order valence-corrected chi connectivity index (χ2v) is 1.47. The van der Waals surface area contributed by atoms with Crippen LogP contribution < -0.4 is 5.90 Å². The number of carbonyl (C=O) groups is 2. The predicted octanol–water partition coefficient (Wildman–Crippen LogP) is -1.08. The maximum atomic E-state index is 10.2. The molecule has 0 saturated carbocycles. The van der Waals surface area contributed by atoms with Gasteiger partial charge in [0.15, 0.2) is 5.78 Å². The van der Waals surface area contributed by atoms with Crippen LogP contribution in [0.15, 0.2) is 0 Å². The molecule has 0 bridgehead atoms. The van der Waals surface area contributed by atoms with Crippen LogP contribution in [0.5, 0.6) is 0 Å². The second-order valence-electron chi connectivity index (χ2n) is 1.47. The van der Waals surface area contributed by atoms with Crippen molar-refractivity contribution >= 4 is 11.8 Å². The van der Waals surface area contributed by atoms with Gasteiger partial charge in [0.05, 0.1) is 0 Å². The molecule has 9 heavy (non-hydrogen) atoms. The molecule has 0 aromatic carbocycles. The highest BCUT2D eigenvalue weighted by Gasteiger charge is 2.21. The third-order valence-electron chi connectivity index (χ3n) is 0.730. The minimum atomic E-state index is -1.52. The quantitative estimate of drug-likeness (QED) is 0.377. The van der Waals surface area contributed by atoms with E-state index in [2.05, 4.69) is 10.7 Å². The van der Waals surface area contributed by atoms with Crippen LogP contribution in [0.4, 0.5) is 0 Å². The van der Waals surface area contributed by atoms with E-state index in [0.29, 0.717) is 0 Å². The van der Waals surface area contributed by atoms with Gasteiger partial charge in [0.2, 0.25) is 6.10 Å². The summed E-state index contributed by atoms with van der Waals surface area (Å²) in [7, 11) is 0. The molecule has 0 saturated heterocycles. The van der Waals surface area contributed by atoms with Gasteiger partial charge in [0.1, 0.15) is 0 Å². The van der Waals surface area contributed by atoms with Crippen molar-refractivity contribution in [3.63, 3.8) is 0 Å². The van der Waals surface area contributed by atoms with Crippen molar-refractivity contribution in [3.8, 4) is 0 Å². The Kier molecular flexibility index (Phi) is 2.83. The summed E-state index contributed by atoms with van der Waals surface area (Å²) in [4.78, 5) is 24.0. The Bertz CT molecular complexity index is 119. The third-order valence-corrected chi connectivity index (χ3v) is 0.730. The molecule has 0 aromatic rings. The molecule has 0 spiro atoms. The van der Waals surface area contributed by atoms with Gasteiger partial charge in [-0.2, -0.15) is 0 Å². The monoisotopic (exact) mass is 133 g/mol. The van der Waals surface area contributed by atoms with Gasteiger partial charge in [-0.15, -0.1) is 0 Å². The summed E-state index contributed by atoms with van der Waals surface area (Å²) in [5, 5.41) is 8.12. The lowest BCUT2D eigenvalue weighted by atomic mass is 10.3. The van der Waals surface area contributed by atoms with E-state index >= 15 is 0 Å². The van der Waals surface area contributed by atoms with E-state index in [1.165, 1.54) is 0 Å². The molecule has 0 aromatic heterocycles. The molecule has 0 heterocycles. The number of hydrogen-bond donors (Lipinski definition) is 2. The van der Waals surface area contributed by atoms with Gasteiger partial charge >= 0.3 is 5.97 Å². The minimum absolute atomic E-state index is 0.620. The predicted molar refractivity (Wildman–Crippen MR) is 27.4 cm³/mol. The standard InChI is InChI=1S/C4H7NO4/c1-2(6)3(9-5)4(7)8/h3H,5H2,1H3,(H,7,8). The van der Waals surface area contributed by atoms with E-state index < -0.39 is 17.9 Å². The van der Waals surface area contributed by atoms with Crippen LogP contribution in [0.1, 0.15) is 6.92 Å². The summed E-state index contributed by atoms with van der Waals surface area (Å²) in [5.41, 5.74) is 0. The molecule has 1 atom stereocenters. The number of nitrogens with two attached hydrogens (primary N) is 1. The summed E-state index contributed by atoms with van der Waals surface area (Å²) in [6, 6.07) is 0. The first-order valence-corrected chi connectivity index (χ1v) is 2.18. The molecular formula is C4H7NO4. The van der Waals surface area contributed by atoms with Gasteiger partial charge in [-0.05, 0) is 6.92 Å². The number of Topliss-reactive ketones (excluding diaryl/α,β-unsaturated/α-hetero) is 1. The molecule has 52 valence electrons. The Labute approximate surface area is 51.4 Å². The van der Waals surface area contributed by atoms with Crippen LogP contribution in [0, 0.1) is 0 Å². The first kappa shape index (κ1) is 8.06. The molecule has 5 heteroatoms. The smallest absolute Gasteiger partial charge is 0.342 e. The van der Waals surface area contributed by atoms with Gasteiger partial charge in [-0.25, -0.2) is 10.7 Å². The average molecular weight is 133 g/mol. The largest absolute Gasteiger partial charge is 0.479 e. The molecule has 1 unspecified atom stereocenters. The highest BCUT2D eigenvalue weighted by molar-refractivity contribution is 5.99. The van der Waals surface area contributed by atoms with Gasteiger partial charge in [0.25, 0.3) is 0 Å². The fourth-order valence-corrected chi connectivity index (χ4v) is 0.328. The number of carbonyl (C=O) groups excluding carboxylic acids is 1. The van der Waals surface area contributed by atoms with Crippen molar-refractivity contribution < 1.29 is 19.5 Å². The molecule has 0 fully saturated rings. The molecule has 3 N–H and O–H groups in total. The van der Waals surface area contributed by atoms with Crippen LogP contribution in [0.25, 0.3) is 0 Å². The highest BCUT2D eigenvalue weighted by atomic mass is 16.6. The van der Waals surface area contributed by atoms with Gasteiger partial charge in [-0.3, -0.25) is 9.63 Å². The summed E-state index contributed by atoms with van der Waals surface area (Å²) < 4.78 is 0. The molecule has 0 radical (unpaired) electrons. The van der Waals surface area contributed by atoms with E-state index in [1.54, 1.807) is 0 Å². The number of carboxylic acids is 1. The third kappa shape index (κ3) is 2.20. The topological polar surface area (TPSA) is 89.6 Å².